The van der Waals surface area contributed by atoms with E-state index in [0.29, 0.717) is 11.4 Å². The van der Waals surface area contributed by atoms with E-state index in [1.54, 1.807) is 24.5 Å². The van der Waals surface area contributed by atoms with Crippen LogP contribution in [0, 0.1) is 17.1 Å². The highest BCUT2D eigenvalue weighted by Crippen LogP contribution is 2.18. The third-order valence-corrected chi connectivity index (χ3v) is 3.37. The maximum Gasteiger partial charge on any atom is 0.159 e. The summed E-state index contributed by atoms with van der Waals surface area (Å²) in [5, 5.41) is 8.72. The van der Waals surface area contributed by atoms with E-state index in [-0.39, 0.29) is 5.56 Å². The Hall–Kier alpha value is -2.28. The molecule has 0 unspecified atom stereocenters. The normalized spacial score (nSPS) is 10.3. The van der Waals surface area contributed by atoms with Crippen molar-refractivity contribution < 1.29 is 4.39 Å². The van der Waals surface area contributed by atoms with Gasteiger partial charge in [-0.25, -0.2) is 14.4 Å². The second kappa shape index (κ2) is 7.49. The summed E-state index contributed by atoms with van der Waals surface area (Å²) in [6, 6.07) is 6.22. The van der Waals surface area contributed by atoms with Gasteiger partial charge in [0.25, 0.3) is 0 Å². The van der Waals surface area contributed by atoms with Crippen LogP contribution in [0.25, 0.3) is 11.4 Å². The van der Waals surface area contributed by atoms with Gasteiger partial charge in [0.1, 0.15) is 11.9 Å². The average molecular weight is 283 g/mol. The number of unbranched alkanes of at least 4 members (excludes halogenated alkanes) is 3. The lowest BCUT2D eigenvalue weighted by Crippen LogP contribution is -1.94. The molecule has 0 N–H and O–H groups in total. The van der Waals surface area contributed by atoms with Crippen molar-refractivity contribution in [1.82, 2.24) is 9.97 Å². The summed E-state index contributed by atoms with van der Waals surface area (Å²) in [7, 11) is 0. The highest BCUT2D eigenvalue weighted by molar-refractivity contribution is 5.56. The molecule has 21 heavy (non-hydrogen) atoms. The Morgan fingerprint density at radius 2 is 1.90 bits per heavy atom. The molecule has 0 amide bonds. The molecular weight excluding hydrogens is 265 g/mol. The molecule has 0 saturated carbocycles. The summed E-state index contributed by atoms with van der Waals surface area (Å²) < 4.78 is 13.6. The van der Waals surface area contributed by atoms with Gasteiger partial charge in [-0.3, -0.25) is 0 Å². The molecule has 2 rings (SSSR count). The molecule has 1 heterocycles. The molecule has 1 aromatic heterocycles. The van der Waals surface area contributed by atoms with Gasteiger partial charge in [-0.2, -0.15) is 5.26 Å². The van der Waals surface area contributed by atoms with Crippen molar-refractivity contribution >= 4 is 0 Å². The van der Waals surface area contributed by atoms with E-state index in [1.807, 2.05) is 0 Å². The first-order valence-corrected chi connectivity index (χ1v) is 7.25. The van der Waals surface area contributed by atoms with Gasteiger partial charge >= 0.3 is 0 Å². The lowest BCUT2D eigenvalue weighted by molar-refractivity contribution is 0.624. The summed E-state index contributed by atoms with van der Waals surface area (Å²) in [6.07, 6.45) is 9.40. The first-order chi connectivity index (χ1) is 10.2. The molecule has 4 heteroatoms. The molecule has 0 bridgehead atoms. The predicted molar refractivity (Wildman–Crippen MR) is 80.0 cm³/mol. The number of nitrogens with zero attached hydrogens (tertiary/aromatic N) is 3. The van der Waals surface area contributed by atoms with Crippen LogP contribution in [0.4, 0.5) is 4.39 Å². The van der Waals surface area contributed by atoms with Crippen LogP contribution in [0.2, 0.25) is 0 Å². The third kappa shape index (κ3) is 4.09. The van der Waals surface area contributed by atoms with Gasteiger partial charge < -0.3 is 0 Å². The molecule has 0 aliphatic carbocycles. The maximum absolute atomic E-state index is 13.6. The zero-order chi connectivity index (χ0) is 15.1. The number of nitriles is 1. The minimum absolute atomic E-state index is 0.0336. The lowest BCUT2D eigenvalue weighted by Gasteiger charge is -2.04. The summed E-state index contributed by atoms with van der Waals surface area (Å²) >= 11 is 0. The van der Waals surface area contributed by atoms with E-state index in [0.717, 1.165) is 18.4 Å². The lowest BCUT2D eigenvalue weighted by atomic mass is 10.1. The van der Waals surface area contributed by atoms with Gasteiger partial charge in [0.2, 0.25) is 0 Å². The molecular formula is C17H18FN3. The third-order valence-electron chi connectivity index (χ3n) is 3.37. The highest BCUT2D eigenvalue weighted by Gasteiger charge is 2.06. The van der Waals surface area contributed by atoms with E-state index in [4.69, 9.17) is 5.26 Å². The quantitative estimate of drug-likeness (QED) is 0.743. The Bertz CT molecular complexity index is 629. The second-order valence-corrected chi connectivity index (χ2v) is 5.03. The van der Waals surface area contributed by atoms with E-state index < -0.39 is 5.82 Å². The van der Waals surface area contributed by atoms with Crippen LogP contribution in [0.15, 0.2) is 30.6 Å². The molecule has 0 aliphatic rings. The number of aryl methyl sites for hydroxylation is 1. The average Bonchev–Trinajstić information content (AvgIpc) is 2.52. The molecule has 0 radical (unpaired) electrons. The van der Waals surface area contributed by atoms with Crippen LogP contribution in [0.3, 0.4) is 0 Å². The van der Waals surface area contributed by atoms with Gasteiger partial charge in [0, 0.05) is 18.0 Å². The Balaban J connectivity index is 2.05. The monoisotopic (exact) mass is 283 g/mol. The molecule has 2 aromatic rings. The van der Waals surface area contributed by atoms with E-state index in [1.165, 1.54) is 31.4 Å². The van der Waals surface area contributed by atoms with E-state index in [2.05, 4.69) is 16.9 Å². The highest BCUT2D eigenvalue weighted by atomic mass is 19.1. The van der Waals surface area contributed by atoms with Gasteiger partial charge in [0.05, 0.1) is 5.56 Å². The fraction of sp³-hybridized carbons (Fsp3) is 0.353. The number of hydrogen-bond acceptors (Lipinski definition) is 3. The summed E-state index contributed by atoms with van der Waals surface area (Å²) in [6.45, 7) is 2.19. The zero-order valence-corrected chi connectivity index (χ0v) is 12.1. The van der Waals surface area contributed by atoms with Crippen molar-refractivity contribution in [2.75, 3.05) is 0 Å². The van der Waals surface area contributed by atoms with Gasteiger partial charge in [-0.05, 0) is 36.6 Å². The van der Waals surface area contributed by atoms with Crippen LogP contribution in [0.1, 0.15) is 43.7 Å². The minimum atomic E-state index is -0.540. The van der Waals surface area contributed by atoms with Gasteiger partial charge in [-0.1, -0.05) is 26.2 Å². The van der Waals surface area contributed by atoms with Crippen molar-refractivity contribution in [3.63, 3.8) is 0 Å². The Morgan fingerprint density at radius 1 is 1.14 bits per heavy atom. The Morgan fingerprint density at radius 3 is 2.52 bits per heavy atom. The van der Waals surface area contributed by atoms with Gasteiger partial charge in [-0.15, -0.1) is 0 Å². The van der Waals surface area contributed by atoms with Crippen LogP contribution in [-0.4, -0.2) is 9.97 Å². The fourth-order valence-corrected chi connectivity index (χ4v) is 2.13. The minimum Gasteiger partial charge on any atom is -0.236 e. The molecule has 0 saturated heterocycles. The number of halogens is 1. The zero-order valence-electron chi connectivity index (χ0n) is 12.1. The summed E-state index contributed by atoms with van der Waals surface area (Å²) in [5.41, 5.74) is 1.72. The molecule has 0 fully saturated rings. The second-order valence-electron chi connectivity index (χ2n) is 5.03. The van der Waals surface area contributed by atoms with Crippen LogP contribution in [-0.2, 0) is 6.42 Å². The van der Waals surface area contributed by atoms with Crippen LogP contribution >= 0.6 is 0 Å². The first kappa shape index (κ1) is 15.1. The molecule has 108 valence electrons. The van der Waals surface area contributed by atoms with Crippen molar-refractivity contribution in [2.24, 2.45) is 0 Å². The molecule has 3 nitrogen and oxygen atoms in total. The summed E-state index contributed by atoms with van der Waals surface area (Å²) in [5.74, 6) is -0.0575. The molecule has 0 spiro atoms. The largest absolute Gasteiger partial charge is 0.236 e. The maximum atomic E-state index is 13.6. The van der Waals surface area contributed by atoms with Crippen LogP contribution in [0.5, 0.6) is 0 Å². The van der Waals surface area contributed by atoms with Crippen molar-refractivity contribution in [3.8, 4) is 17.5 Å². The standard InChI is InChI=1S/C17H18FN3/c1-2-3-4-5-6-13-11-20-17(21-12-13)14-7-8-15(10-19)16(18)9-14/h7-9,11-12H,2-6H2,1H3. The van der Waals surface area contributed by atoms with Crippen molar-refractivity contribution in [3.05, 3.63) is 47.5 Å². The predicted octanol–water partition coefficient (Wildman–Crippen LogP) is 4.28. The first-order valence-electron chi connectivity index (χ1n) is 7.25. The van der Waals surface area contributed by atoms with Crippen molar-refractivity contribution in [1.29, 1.82) is 5.26 Å². The molecule has 0 aliphatic heterocycles. The fourth-order valence-electron chi connectivity index (χ4n) is 2.13. The topological polar surface area (TPSA) is 49.6 Å². The van der Waals surface area contributed by atoms with E-state index in [9.17, 15) is 4.39 Å². The van der Waals surface area contributed by atoms with Gasteiger partial charge in [0.15, 0.2) is 5.82 Å². The molecule has 1 aromatic carbocycles. The Labute approximate surface area is 124 Å². The van der Waals surface area contributed by atoms with Crippen LogP contribution < -0.4 is 0 Å². The number of rotatable bonds is 6. The molecule has 0 atom stereocenters. The SMILES string of the molecule is CCCCCCc1cnc(-c2ccc(C#N)c(F)c2)nc1. The number of hydrogen-bond donors (Lipinski definition) is 0. The van der Waals surface area contributed by atoms with E-state index >= 15 is 0 Å². The smallest absolute Gasteiger partial charge is 0.159 e. The summed E-state index contributed by atoms with van der Waals surface area (Å²) in [4.78, 5) is 8.57. The Kier molecular flexibility index (Phi) is 5.39. The number of aromatic nitrogens is 2. The number of benzene rings is 1. The van der Waals surface area contributed by atoms with Crippen molar-refractivity contribution in [2.45, 2.75) is 39.0 Å².